The third-order valence-corrected chi connectivity index (χ3v) is 3.93. The first kappa shape index (κ1) is 21.1. The van der Waals surface area contributed by atoms with E-state index < -0.39 is 61.9 Å². The topological polar surface area (TPSA) is 143 Å². The van der Waals surface area contributed by atoms with Gasteiger partial charge in [0.05, 0.1) is 22.3 Å². The number of hydrogen-bond donors (Lipinski definition) is 0. The van der Waals surface area contributed by atoms with Gasteiger partial charge in [0, 0.05) is 10.4 Å². The molecule has 30 heavy (non-hydrogen) atoms. The van der Waals surface area contributed by atoms with E-state index in [4.69, 9.17) is 15.8 Å². The zero-order valence-electron chi connectivity index (χ0n) is 14.3. The lowest BCUT2D eigenvalue weighted by Gasteiger charge is -2.09. The molecule has 10 heteroatoms. The maximum atomic E-state index is 14.4. The van der Waals surface area contributed by atoms with Crippen molar-refractivity contribution >= 4 is 11.1 Å². The average molecular weight is 402 g/mol. The Morgan fingerprint density at radius 3 is 1.40 bits per heavy atom. The van der Waals surface area contributed by atoms with Crippen molar-refractivity contribution in [1.29, 1.82) is 31.6 Å². The molecule has 0 heterocycles. The van der Waals surface area contributed by atoms with Gasteiger partial charge in [-0.05, 0) is 0 Å². The molecule has 2 aromatic rings. The standard InChI is InChI=1S/C20H2F4N6/c21-17-15(8-30)18(22)20(24)16(19(17)23)14(7-29)11-2-1-10(9(3-25)4-26)12(5-27)13(11)6-28/h1-2H/b14-11-. The van der Waals surface area contributed by atoms with Gasteiger partial charge in [0.25, 0.3) is 0 Å². The highest BCUT2D eigenvalue weighted by Crippen LogP contribution is 2.27. The first-order valence-corrected chi connectivity index (χ1v) is 7.51. The summed E-state index contributed by atoms with van der Waals surface area (Å²) in [5.74, 6) is -8.18. The van der Waals surface area contributed by atoms with Gasteiger partial charge in [0.2, 0.25) is 0 Å². The highest BCUT2D eigenvalue weighted by atomic mass is 19.2. The molecule has 2 aromatic carbocycles. The van der Waals surface area contributed by atoms with E-state index in [1.165, 1.54) is 24.3 Å². The summed E-state index contributed by atoms with van der Waals surface area (Å²) in [5, 5.41) is 54.0. The van der Waals surface area contributed by atoms with Crippen molar-refractivity contribution in [3.05, 3.63) is 68.1 Å². The predicted octanol–water partition coefficient (Wildman–Crippen LogP) is 1.78. The summed E-state index contributed by atoms with van der Waals surface area (Å²) in [7, 11) is 0. The number of hydrogen-bond acceptors (Lipinski definition) is 6. The van der Waals surface area contributed by atoms with E-state index in [1.54, 1.807) is 6.07 Å². The second kappa shape index (κ2) is 8.24. The maximum Gasteiger partial charge on any atom is 0.180 e. The van der Waals surface area contributed by atoms with E-state index in [2.05, 4.69) is 0 Å². The van der Waals surface area contributed by atoms with Crippen LogP contribution in [0.1, 0.15) is 22.3 Å². The van der Waals surface area contributed by atoms with Crippen molar-refractivity contribution in [2.24, 2.45) is 0 Å². The molecule has 0 fully saturated rings. The normalized spacial score (nSPS) is 10.3. The highest BCUT2D eigenvalue weighted by molar-refractivity contribution is 5.80. The SMILES string of the molecule is N#CC(C#N)=c1cc/c(=C(\C#N)c2c(F)c(F)c(C#N)c(F)c2F)c(C#N)c1C#N. The Morgan fingerprint density at radius 2 is 1.00 bits per heavy atom. The van der Waals surface area contributed by atoms with Crippen LogP contribution in [-0.4, -0.2) is 0 Å². The quantitative estimate of drug-likeness (QED) is 0.525. The summed E-state index contributed by atoms with van der Waals surface area (Å²) < 4.78 is 56.8. The second-order valence-corrected chi connectivity index (χ2v) is 5.34. The Labute approximate surface area is 165 Å². The van der Waals surface area contributed by atoms with Crippen LogP contribution >= 0.6 is 0 Å². The fourth-order valence-electron chi connectivity index (χ4n) is 2.60. The summed E-state index contributed by atoms with van der Waals surface area (Å²) in [4.78, 5) is 0. The van der Waals surface area contributed by atoms with Crippen molar-refractivity contribution < 1.29 is 17.6 Å². The predicted molar refractivity (Wildman–Crippen MR) is 88.9 cm³/mol. The van der Waals surface area contributed by atoms with E-state index in [-0.39, 0.29) is 5.22 Å². The first-order valence-electron chi connectivity index (χ1n) is 7.51. The monoisotopic (exact) mass is 402 g/mol. The summed E-state index contributed by atoms with van der Waals surface area (Å²) in [5.41, 5.74) is -5.83. The van der Waals surface area contributed by atoms with Gasteiger partial charge < -0.3 is 0 Å². The number of nitriles is 6. The molecule has 0 aliphatic heterocycles. The van der Waals surface area contributed by atoms with Gasteiger partial charge in [-0.1, -0.05) is 12.1 Å². The lowest BCUT2D eigenvalue weighted by atomic mass is 9.94. The number of benzene rings is 2. The molecule has 2 rings (SSSR count). The van der Waals surface area contributed by atoms with E-state index in [0.29, 0.717) is 0 Å². The lowest BCUT2D eigenvalue weighted by Crippen LogP contribution is -2.23. The van der Waals surface area contributed by atoms with Gasteiger partial charge in [-0.3, -0.25) is 0 Å². The molecule has 0 spiro atoms. The van der Waals surface area contributed by atoms with Crippen LogP contribution in [0.4, 0.5) is 17.6 Å². The molecule has 0 saturated heterocycles. The smallest absolute Gasteiger partial charge is 0.180 e. The summed E-state index contributed by atoms with van der Waals surface area (Å²) in [6.45, 7) is 0. The van der Waals surface area contributed by atoms with Crippen LogP contribution in [0.2, 0.25) is 0 Å². The van der Waals surface area contributed by atoms with Gasteiger partial charge >= 0.3 is 0 Å². The third-order valence-electron chi connectivity index (χ3n) is 3.93. The fraction of sp³-hybridized carbons (Fsp3) is 0. The summed E-state index contributed by atoms with van der Waals surface area (Å²) in [6, 6.07) is 10.3. The minimum absolute atomic E-state index is 0.279. The molecule has 0 aliphatic carbocycles. The average Bonchev–Trinajstić information content (AvgIpc) is 2.76. The van der Waals surface area contributed by atoms with Gasteiger partial charge in [-0.25, -0.2) is 17.6 Å². The number of halogens is 4. The fourth-order valence-corrected chi connectivity index (χ4v) is 2.60. The van der Waals surface area contributed by atoms with Crippen LogP contribution in [0, 0.1) is 91.3 Å². The second-order valence-electron chi connectivity index (χ2n) is 5.34. The molecule has 0 saturated carbocycles. The largest absolute Gasteiger partial charge is 0.203 e. The molecule has 0 atom stereocenters. The molecule has 0 radical (unpaired) electrons. The molecule has 0 N–H and O–H groups in total. The Hall–Kier alpha value is -5.16. The zero-order valence-corrected chi connectivity index (χ0v) is 14.3. The van der Waals surface area contributed by atoms with Gasteiger partial charge in [-0.2, -0.15) is 31.6 Å². The van der Waals surface area contributed by atoms with Crippen molar-refractivity contribution in [3.63, 3.8) is 0 Å². The van der Waals surface area contributed by atoms with Crippen LogP contribution in [0.5, 0.6) is 0 Å². The Kier molecular flexibility index (Phi) is 5.81. The highest BCUT2D eigenvalue weighted by Gasteiger charge is 2.28. The van der Waals surface area contributed by atoms with Gasteiger partial charge in [0.15, 0.2) is 23.3 Å². The first-order chi connectivity index (χ1) is 14.3. The van der Waals surface area contributed by atoms with Crippen molar-refractivity contribution in [2.45, 2.75) is 0 Å². The van der Waals surface area contributed by atoms with Crippen molar-refractivity contribution in [2.75, 3.05) is 0 Å². The molecule has 140 valence electrons. The molecular weight excluding hydrogens is 400 g/mol. The van der Waals surface area contributed by atoms with E-state index in [1.807, 2.05) is 0 Å². The van der Waals surface area contributed by atoms with Crippen LogP contribution in [-0.2, 0) is 0 Å². The van der Waals surface area contributed by atoms with Gasteiger partial charge in [0.1, 0.15) is 47.6 Å². The molecule has 0 aliphatic rings. The van der Waals surface area contributed by atoms with Gasteiger partial charge in [-0.15, -0.1) is 0 Å². The summed E-state index contributed by atoms with van der Waals surface area (Å²) >= 11 is 0. The van der Waals surface area contributed by atoms with Crippen LogP contribution in [0.15, 0.2) is 12.1 Å². The molecule has 0 aromatic heterocycles. The van der Waals surface area contributed by atoms with E-state index in [0.717, 1.165) is 18.2 Å². The minimum atomic E-state index is -2.05. The van der Waals surface area contributed by atoms with E-state index >= 15 is 0 Å². The Balaban J connectivity index is 3.26. The third kappa shape index (κ3) is 3.04. The van der Waals surface area contributed by atoms with Crippen LogP contribution < -0.4 is 10.4 Å². The lowest BCUT2D eigenvalue weighted by molar-refractivity contribution is 0.447. The zero-order chi connectivity index (χ0) is 22.6. The summed E-state index contributed by atoms with van der Waals surface area (Å²) in [6.07, 6.45) is 0. The number of rotatable bonds is 1. The Morgan fingerprint density at radius 1 is 0.567 bits per heavy atom. The number of nitrogens with zero attached hydrogens (tertiary/aromatic N) is 6. The molecule has 0 unspecified atom stereocenters. The minimum Gasteiger partial charge on any atom is -0.203 e. The molecular formula is C20H2F4N6. The maximum absolute atomic E-state index is 14.4. The van der Waals surface area contributed by atoms with Crippen LogP contribution in [0.25, 0.3) is 11.1 Å². The van der Waals surface area contributed by atoms with Crippen molar-refractivity contribution in [3.8, 4) is 36.4 Å². The molecule has 0 bridgehead atoms. The van der Waals surface area contributed by atoms with Crippen molar-refractivity contribution in [1.82, 2.24) is 0 Å². The molecule has 6 nitrogen and oxygen atoms in total. The molecule has 0 amide bonds. The Bertz CT molecular complexity index is 1450. The van der Waals surface area contributed by atoms with E-state index in [9.17, 15) is 33.3 Å². The van der Waals surface area contributed by atoms with Crippen LogP contribution in [0.3, 0.4) is 0 Å².